The monoisotopic (exact) mass is 342 g/mol. The van der Waals surface area contributed by atoms with Crippen LogP contribution in [0.2, 0.25) is 0 Å². The number of rotatable bonds is 6. The van der Waals surface area contributed by atoms with Crippen molar-refractivity contribution in [2.24, 2.45) is 5.92 Å². The molecule has 6 nitrogen and oxygen atoms in total. The highest BCUT2D eigenvalue weighted by molar-refractivity contribution is 5.79. The van der Waals surface area contributed by atoms with Crippen molar-refractivity contribution in [1.82, 2.24) is 9.88 Å². The summed E-state index contributed by atoms with van der Waals surface area (Å²) in [7, 11) is 0. The fraction of sp³-hybridized carbons (Fsp3) is 0.421. The average Bonchev–Trinajstić information content (AvgIpc) is 3.22. The predicted molar refractivity (Wildman–Crippen MR) is 91.8 cm³/mol. The first-order valence-electron chi connectivity index (χ1n) is 8.58. The molecule has 2 aromatic rings. The fourth-order valence-electron chi connectivity index (χ4n) is 3.32. The van der Waals surface area contributed by atoms with Crippen LogP contribution in [0.1, 0.15) is 32.1 Å². The van der Waals surface area contributed by atoms with Gasteiger partial charge in [-0.25, -0.2) is 4.98 Å². The van der Waals surface area contributed by atoms with E-state index in [4.69, 9.17) is 9.52 Å². The molecule has 132 valence electrons. The zero-order chi connectivity index (χ0) is 17.8. The van der Waals surface area contributed by atoms with Gasteiger partial charge >= 0.3 is 5.97 Å². The summed E-state index contributed by atoms with van der Waals surface area (Å²) in [6.07, 6.45) is 3.83. The number of oxazole rings is 1. The molecule has 1 N–H and O–H groups in total. The smallest absolute Gasteiger partial charge is 0.308 e. The molecule has 1 saturated heterocycles. The van der Waals surface area contributed by atoms with Crippen LogP contribution in [0.4, 0.5) is 0 Å². The quantitative estimate of drug-likeness (QED) is 0.872. The van der Waals surface area contributed by atoms with Crippen molar-refractivity contribution in [2.75, 3.05) is 6.54 Å². The maximum atomic E-state index is 12.3. The molecule has 3 rings (SSSR count). The van der Waals surface area contributed by atoms with Crippen LogP contribution in [0.3, 0.4) is 0 Å². The number of hydrogen-bond acceptors (Lipinski definition) is 4. The minimum Gasteiger partial charge on any atom is -0.481 e. The fourth-order valence-corrected chi connectivity index (χ4v) is 3.32. The summed E-state index contributed by atoms with van der Waals surface area (Å²) in [4.78, 5) is 29.4. The Kier molecular flexibility index (Phi) is 5.16. The zero-order valence-electron chi connectivity index (χ0n) is 14.2. The van der Waals surface area contributed by atoms with Gasteiger partial charge in [-0.1, -0.05) is 30.3 Å². The Bertz CT molecular complexity index is 741. The molecule has 0 radical (unpaired) electrons. The third-order valence-electron chi connectivity index (χ3n) is 4.79. The number of benzene rings is 1. The van der Waals surface area contributed by atoms with E-state index < -0.39 is 11.9 Å². The Morgan fingerprint density at radius 3 is 2.76 bits per heavy atom. The van der Waals surface area contributed by atoms with Crippen LogP contribution in [0.15, 0.2) is 40.9 Å². The highest BCUT2D eigenvalue weighted by Crippen LogP contribution is 2.25. The summed E-state index contributed by atoms with van der Waals surface area (Å²) in [5, 5.41) is 9.15. The number of likely N-dealkylation sites (tertiary alicyclic amines) is 1. The summed E-state index contributed by atoms with van der Waals surface area (Å²) in [5.41, 5.74) is 0.975. The second-order valence-corrected chi connectivity index (χ2v) is 6.40. The second kappa shape index (κ2) is 7.51. The Labute approximate surface area is 146 Å². The molecular weight excluding hydrogens is 320 g/mol. The van der Waals surface area contributed by atoms with Gasteiger partial charge in [-0.3, -0.25) is 9.59 Å². The van der Waals surface area contributed by atoms with Gasteiger partial charge in [0.15, 0.2) is 11.7 Å². The van der Waals surface area contributed by atoms with Crippen molar-refractivity contribution in [3.05, 3.63) is 42.4 Å². The molecule has 1 aliphatic heterocycles. The molecule has 2 heterocycles. The molecule has 0 spiro atoms. The van der Waals surface area contributed by atoms with Crippen molar-refractivity contribution in [3.63, 3.8) is 0 Å². The molecule has 1 aromatic heterocycles. The van der Waals surface area contributed by atoms with Crippen LogP contribution >= 0.6 is 0 Å². The number of carbonyl (C=O) groups is 2. The number of hydrogen-bond donors (Lipinski definition) is 1. The van der Waals surface area contributed by atoms with Crippen LogP contribution in [0, 0.1) is 5.92 Å². The minimum atomic E-state index is -0.823. The SMILES string of the molecule is CC1C(C(=O)O)CCN1C(=O)CCCc1ncc(-c2ccccc2)o1. The molecule has 1 aliphatic rings. The summed E-state index contributed by atoms with van der Waals surface area (Å²) >= 11 is 0. The van der Waals surface area contributed by atoms with Gasteiger partial charge in [0.1, 0.15) is 0 Å². The van der Waals surface area contributed by atoms with Crippen LogP contribution in [-0.4, -0.2) is 39.5 Å². The van der Waals surface area contributed by atoms with Gasteiger partial charge in [-0.15, -0.1) is 0 Å². The van der Waals surface area contributed by atoms with Gasteiger partial charge < -0.3 is 14.4 Å². The average molecular weight is 342 g/mol. The molecule has 1 amide bonds. The van der Waals surface area contributed by atoms with E-state index in [-0.39, 0.29) is 11.9 Å². The molecule has 0 saturated carbocycles. The van der Waals surface area contributed by atoms with E-state index in [1.165, 1.54) is 0 Å². The lowest BCUT2D eigenvalue weighted by Crippen LogP contribution is -2.37. The minimum absolute atomic E-state index is 0.00564. The van der Waals surface area contributed by atoms with Crippen molar-refractivity contribution in [2.45, 2.75) is 38.6 Å². The lowest BCUT2D eigenvalue weighted by Gasteiger charge is -2.23. The Hall–Kier alpha value is -2.63. The lowest BCUT2D eigenvalue weighted by molar-refractivity contribution is -0.143. The number of aromatic nitrogens is 1. The molecule has 0 aliphatic carbocycles. The van der Waals surface area contributed by atoms with E-state index in [1.807, 2.05) is 37.3 Å². The highest BCUT2D eigenvalue weighted by Gasteiger charge is 2.37. The topological polar surface area (TPSA) is 83.6 Å². The van der Waals surface area contributed by atoms with Crippen LogP contribution in [0.25, 0.3) is 11.3 Å². The van der Waals surface area contributed by atoms with Crippen LogP contribution in [-0.2, 0) is 16.0 Å². The van der Waals surface area contributed by atoms with Gasteiger partial charge in [0.05, 0.1) is 12.1 Å². The molecule has 6 heteroatoms. The summed E-state index contributed by atoms with van der Waals surface area (Å²) in [5.74, 6) is 0.0650. The predicted octanol–water partition coefficient (Wildman–Crippen LogP) is 2.99. The van der Waals surface area contributed by atoms with E-state index in [0.29, 0.717) is 38.1 Å². The Morgan fingerprint density at radius 1 is 1.32 bits per heavy atom. The number of carboxylic acid groups (broad SMARTS) is 1. The number of aryl methyl sites for hydroxylation is 1. The van der Waals surface area contributed by atoms with Crippen LogP contribution < -0.4 is 0 Å². The molecule has 0 bridgehead atoms. The molecule has 2 unspecified atom stereocenters. The maximum absolute atomic E-state index is 12.3. The van der Waals surface area contributed by atoms with Crippen LogP contribution in [0.5, 0.6) is 0 Å². The molecule has 25 heavy (non-hydrogen) atoms. The summed E-state index contributed by atoms with van der Waals surface area (Å²) < 4.78 is 5.73. The molecule has 1 aromatic carbocycles. The number of carboxylic acids is 1. The van der Waals surface area contributed by atoms with Crippen molar-refractivity contribution < 1.29 is 19.1 Å². The second-order valence-electron chi connectivity index (χ2n) is 6.40. The maximum Gasteiger partial charge on any atom is 0.308 e. The van der Waals surface area contributed by atoms with E-state index in [1.54, 1.807) is 11.1 Å². The molecular formula is C19H22N2O4. The summed E-state index contributed by atoms with van der Waals surface area (Å²) in [6, 6.07) is 9.51. The number of nitrogens with zero attached hydrogens (tertiary/aromatic N) is 2. The number of carbonyl (C=O) groups excluding carboxylic acids is 1. The van der Waals surface area contributed by atoms with E-state index in [9.17, 15) is 9.59 Å². The summed E-state index contributed by atoms with van der Waals surface area (Å²) in [6.45, 7) is 2.33. The standard InChI is InChI=1S/C19H22N2O4/c1-13-15(19(23)24)10-11-21(13)18(22)9-5-8-17-20-12-16(25-17)14-6-3-2-4-7-14/h2-4,6-7,12-13,15H,5,8-11H2,1H3,(H,23,24). The first-order chi connectivity index (χ1) is 12.1. The number of aliphatic carboxylic acids is 1. The lowest BCUT2D eigenvalue weighted by atomic mass is 10.0. The van der Waals surface area contributed by atoms with E-state index >= 15 is 0 Å². The third-order valence-corrected chi connectivity index (χ3v) is 4.79. The van der Waals surface area contributed by atoms with E-state index in [2.05, 4.69) is 4.98 Å². The van der Waals surface area contributed by atoms with Gasteiger partial charge in [0.25, 0.3) is 0 Å². The Balaban J connectivity index is 1.49. The first-order valence-corrected chi connectivity index (χ1v) is 8.58. The largest absolute Gasteiger partial charge is 0.481 e. The number of amides is 1. The third kappa shape index (κ3) is 3.90. The van der Waals surface area contributed by atoms with Crippen molar-refractivity contribution in [1.29, 1.82) is 0 Å². The van der Waals surface area contributed by atoms with Gasteiger partial charge in [0.2, 0.25) is 5.91 Å². The highest BCUT2D eigenvalue weighted by atomic mass is 16.4. The van der Waals surface area contributed by atoms with Gasteiger partial charge in [0, 0.05) is 31.0 Å². The van der Waals surface area contributed by atoms with Gasteiger partial charge in [-0.2, -0.15) is 0 Å². The van der Waals surface area contributed by atoms with E-state index in [0.717, 1.165) is 11.3 Å². The Morgan fingerprint density at radius 2 is 2.08 bits per heavy atom. The normalized spacial score (nSPS) is 20.0. The molecule has 2 atom stereocenters. The molecule has 1 fully saturated rings. The van der Waals surface area contributed by atoms with Crippen molar-refractivity contribution in [3.8, 4) is 11.3 Å². The van der Waals surface area contributed by atoms with Gasteiger partial charge in [-0.05, 0) is 19.8 Å². The first kappa shape index (κ1) is 17.2. The zero-order valence-corrected chi connectivity index (χ0v) is 14.2. The van der Waals surface area contributed by atoms with Crippen molar-refractivity contribution >= 4 is 11.9 Å².